The first kappa shape index (κ1) is 17.7. The van der Waals surface area contributed by atoms with Crippen molar-refractivity contribution in [1.82, 2.24) is 10.2 Å². The van der Waals surface area contributed by atoms with Gasteiger partial charge in [-0.25, -0.2) is 0 Å². The van der Waals surface area contributed by atoms with Crippen LogP contribution in [0.25, 0.3) is 0 Å². The fourth-order valence-corrected chi connectivity index (χ4v) is 3.98. The van der Waals surface area contributed by atoms with Crippen molar-refractivity contribution in [3.63, 3.8) is 0 Å². The Morgan fingerprint density at radius 1 is 1.00 bits per heavy atom. The Kier molecular flexibility index (Phi) is 4.94. The SMILES string of the molecule is Cc1ccc(C(=O)N2CCC3CCC(C2)N3)cc1NC(=O)c1ccccc1. The maximum absolute atomic E-state index is 13.0. The van der Waals surface area contributed by atoms with E-state index in [4.69, 9.17) is 0 Å². The highest BCUT2D eigenvalue weighted by molar-refractivity contribution is 6.05. The zero-order valence-electron chi connectivity index (χ0n) is 15.6. The van der Waals surface area contributed by atoms with Crippen molar-refractivity contribution < 1.29 is 9.59 Å². The number of nitrogens with zero attached hydrogens (tertiary/aromatic N) is 1. The molecule has 0 spiro atoms. The number of hydrogen-bond acceptors (Lipinski definition) is 3. The molecule has 2 N–H and O–H groups in total. The zero-order chi connectivity index (χ0) is 18.8. The van der Waals surface area contributed by atoms with Gasteiger partial charge >= 0.3 is 0 Å². The van der Waals surface area contributed by atoms with E-state index in [2.05, 4.69) is 10.6 Å². The average molecular weight is 363 g/mol. The third kappa shape index (κ3) is 3.88. The Balaban J connectivity index is 1.51. The molecular formula is C22H25N3O2. The van der Waals surface area contributed by atoms with E-state index < -0.39 is 0 Å². The van der Waals surface area contributed by atoms with Crippen molar-refractivity contribution >= 4 is 17.5 Å². The van der Waals surface area contributed by atoms with Crippen LogP contribution in [0.4, 0.5) is 5.69 Å². The van der Waals surface area contributed by atoms with Gasteiger partial charge in [0.15, 0.2) is 0 Å². The van der Waals surface area contributed by atoms with Crippen molar-refractivity contribution in [1.29, 1.82) is 0 Å². The molecule has 2 heterocycles. The molecule has 5 heteroatoms. The summed E-state index contributed by atoms with van der Waals surface area (Å²) >= 11 is 0. The van der Waals surface area contributed by atoms with E-state index in [-0.39, 0.29) is 11.8 Å². The number of hydrogen-bond donors (Lipinski definition) is 2. The molecule has 2 aliphatic rings. The summed E-state index contributed by atoms with van der Waals surface area (Å²) in [6.07, 6.45) is 3.36. The van der Waals surface area contributed by atoms with E-state index in [0.717, 1.165) is 31.5 Å². The Labute approximate surface area is 159 Å². The molecule has 0 aromatic heterocycles. The average Bonchev–Trinajstić information content (AvgIpc) is 3.02. The number of nitrogens with one attached hydrogen (secondary N) is 2. The maximum Gasteiger partial charge on any atom is 0.255 e. The lowest BCUT2D eigenvalue weighted by molar-refractivity contribution is 0.0748. The largest absolute Gasteiger partial charge is 0.337 e. The van der Waals surface area contributed by atoms with E-state index in [1.54, 1.807) is 18.2 Å². The van der Waals surface area contributed by atoms with Gasteiger partial charge in [0.1, 0.15) is 0 Å². The Hall–Kier alpha value is -2.66. The van der Waals surface area contributed by atoms with Crippen LogP contribution in [-0.2, 0) is 0 Å². The standard InChI is InChI=1S/C22H25N3O2/c1-15-7-8-17(13-20(15)24-21(26)16-5-3-2-4-6-16)22(27)25-12-11-18-9-10-19(14-25)23-18/h2-8,13,18-19,23H,9-12,14H2,1H3,(H,24,26). The van der Waals surface area contributed by atoms with Crippen molar-refractivity contribution in [2.24, 2.45) is 0 Å². The van der Waals surface area contributed by atoms with Gasteiger partial charge in [-0.15, -0.1) is 0 Å². The third-order valence-corrected chi connectivity index (χ3v) is 5.58. The first-order valence-electron chi connectivity index (χ1n) is 9.62. The van der Waals surface area contributed by atoms with Crippen molar-refractivity contribution in [3.05, 3.63) is 65.2 Å². The second-order valence-electron chi connectivity index (χ2n) is 7.53. The van der Waals surface area contributed by atoms with Gasteiger partial charge in [0.05, 0.1) is 0 Å². The van der Waals surface area contributed by atoms with Gasteiger partial charge in [-0.05, 0) is 56.0 Å². The molecule has 2 bridgehead atoms. The molecule has 2 unspecified atom stereocenters. The predicted octanol–water partition coefficient (Wildman–Crippen LogP) is 3.21. The third-order valence-electron chi connectivity index (χ3n) is 5.58. The van der Waals surface area contributed by atoms with Crippen molar-refractivity contribution in [3.8, 4) is 0 Å². The summed E-state index contributed by atoms with van der Waals surface area (Å²) in [6, 6.07) is 15.6. The lowest BCUT2D eigenvalue weighted by Crippen LogP contribution is -2.39. The van der Waals surface area contributed by atoms with Crippen molar-refractivity contribution in [2.45, 2.75) is 38.3 Å². The van der Waals surface area contributed by atoms with Gasteiger partial charge in [-0.2, -0.15) is 0 Å². The second-order valence-corrected chi connectivity index (χ2v) is 7.53. The summed E-state index contributed by atoms with van der Waals surface area (Å²) in [5, 5.41) is 6.55. The number of rotatable bonds is 3. The van der Waals surface area contributed by atoms with E-state index >= 15 is 0 Å². The molecular weight excluding hydrogens is 338 g/mol. The van der Waals surface area contributed by atoms with Crippen LogP contribution < -0.4 is 10.6 Å². The first-order valence-corrected chi connectivity index (χ1v) is 9.62. The lowest BCUT2D eigenvalue weighted by atomic mass is 10.1. The lowest BCUT2D eigenvalue weighted by Gasteiger charge is -2.24. The molecule has 0 aliphatic carbocycles. The normalized spacial score (nSPS) is 21.6. The van der Waals surface area contributed by atoms with E-state index in [0.29, 0.717) is 28.9 Å². The number of carbonyl (C=O) groups is 2. The highest BCUT2D eigenvalue weighted by Gasteiger charge is 2.31. The maximum atomic E-state index is 13.0. The number of benzene rings is 2. The second kappa shape index (κ2) is 7.53. The molecule has 2 aromatic carbocycles. The first-order chi connectivity index (χ1) is 13.1. The van der Waals surface area contributed by atoms with Crippen molar-refractivity contribution in [2.75, 3.05) is 18.4 Å². The van der Waals surface area contributed by atoms with Gasteiger partial charge in [-0.3, -0.25) is 9.59 Å². The quantitative estimate of drug-likeness (QED) is 0.880. The minimum atomic E-state index is -0.167. The molecule has 27 heavy (non-hydrogen) atoms. The fourth-order valence-electron chi connectivity index (χ4n) is 3.98. The van der Waals surface area contributed by atoms with Crippen LogP contribution in [0.3, 0.4) is 0 Å². The van der Waals surface area contributed by atoms with E-state index in [1.807, 2.05) is 42.2 Å². The molecule has 0 radical (unpaired) electrons. The Morgan fingerprint density at radius 2 is 1.78 bits per heavy atom. The van der Waals surface area contributed by atoms with Gasteiger partial charge in [0.2, 0.25) is 0 Å². The number of aryl methyl sites for hydroxylation is 1. The van der Waals surface area contributed by atoms with Gasteiger partial charge < -0.3 is 15.5 Å². The number of amides is 2. The van der Waals surface area contributed by atoms with E-state index in [9.17, 15) is 9.59 Å². The highest BCUT2D eigenvalue weighted by atomic mass is 16.2. The smallest absolute Gasteiger partial charge is 0.255 e. The van der Waals surface area contributed by atoms with Crippen LogP contribution in [0.5, 0.6) is 0 Å². The number of likely N-dealkylation sites (tertiary alicyclic amines) is 1. The van der Waals surface area contributed by atoms with Gasteiger partial charge in [-0.1, -0.05) is 24.3 Å². The molecule has 2 fully saturated rings. The summed E-state index contributed by atoms with van der Waals surface area (Å²) in [5.74, 6) is -0.126. The fraction of sp³-hybridized carbons (Fsp3) is 0.364. The predicted molar refractivity (Wildman–Crippen MR) is 106 cm³/mol. The Morgan fingerprint density at radius 3 is 2.59 bits per heavy atom. The molecule has 2 saturated heterocycles. The zero-order valence-corrected chi connectivity index (χ0v) is 15.6. The van der Waals surface area contributed by atoms with Crippen LogP contribution in [0.15, 0.2) is 48.5 Å². The number of carbonyl (C=O) groups excluding carboxylic acids is 2. The molecule has 2 aromatic rings. The summed E-state index contributed by atoms with van der Waals surface area (Å²) in [5.41, 5.74) is 2.85. The molecule has 4 rings (SSSR count). The molecule has 140 valence electrons. The number of fused-ring (bicyclic) bond motifs is 2. The van der Waals surface area contributed by atoms with Crippen LogP contribution in [0.2, 0.25) is 0 Å². The summed E-state index contributed by atoms with van der Waals surface area (Å²) in [7, 11) is 0. The molecule has 2 atom stereocenters. The van der Waals surface area contributed by atoms with Crippen LogP contribution >= 0.6 is 0 Å². The van der Waals surface area contributed by atoms with Gasteiger partial charge in [0, 0.05) is 42.0 Å². The molecule has 5 nitrogen and oxygen atoms in total. The minimum Gasteiger partial charge on any atom is -0.337 e. The summed E-state index contributed by atoms with van der Waals surface area (Å²) in [4.78, 5) is 27.4. The Bertz CT molecular complexity index is 850. The van der Waals surface area contributed by atoms with Crippen LogP contribution in [0, 0.1) is 6.92 Å². The topological polar surface area (TPSA) is 61.4 Å². The van der Waals surface area contributed by atoms with Crippen LogP contribution in [-0.4, -0.2) is 41.9 Å². The summed E-state index contributed by atoms with van der Waals surface area (Å²) in [6.45, 7) is 3.48. The monoisotopic (exact) mass is 363 g/mol. The minimum absolute atomic E-state index is 0.0413. The highest BCUT2D eigenvalue weighted by Crippen LogP contribution is 2.23. The van der Waals surface area contributed by atoms with Gasteiger partial charge in [0.25, 0.3) is 11.8 Å². The molecule has 2 aliphatic heterocycles. The van der Waals surface area contributed by atoms with E-state index in [1.165, 1.54) is 6.42 Å². The summed E-state index contributed by atoms with van der Waals surface area (Å²) < 4.78 is 0. The molecule has 2 amide bonds. The van der Waals surface area contributed by atoms with Crippen LogP contribution in [0.1, 0.15) is 45.5 Å². The number of anilines is 1. The molecule has 0 saturated carbocycles.